The lowest BCUT2D eigenvalue weighted by molar-refractivity contribution is 0.355. The lowest BCUT2D eigenvalue weighted by Gasteiger charge is -2.13. The number of methoxy groups -OCH3 is 4. The van der Waals surface area contributed by atoms with Crippen molar-refractivity contribution in [2.75, 3.05) is 28.4 Å². The lowest BCUT2D eigenvalue weighted by atomic mass is 9.99. The van der Waals surface area contributed by atoms with Gasteiger partial charge in [0.25, 0.3) is 0 Å². The molecule has 6 nitrogen and oxygen atoms in total. The van der Waals surface area contributed by atoms with Gasteiger partial charge in [0.2, 0.25) is 5.71 Å². The van der Waals surface area contributed by atoms with E-state index in [0.717, 1.165) is 32.8 Å². The summed E-state index contributed by atoms with van der Waals surface area (Å²) in [6.07, 6.45) is 0. The zero-order chi connectivity index (χ0) is 22.4. The summed E-state index contributed by atoms with van der Waals surface area (Å²) in [5, 5.41) is 3.66. The fourth-order valence-electron chi connectivity index (χ4n) is 4.12. The highest BCUT2D eigenvalue weighted by molar-refractivity contribution is 6.21. The van der Waals surface area contributed by atoms with Crippen LogP contribution in [0.3, 0.4) is 0 Å². The second-order valence-electron chi connectivity index (χ2n) is 7.56. The topological polar surface area (TPSA) is 63.0 Å². The van der Waals surface area contributed by atoms with Gasteiger partial charge in [0, 0.05) is 27.8 Å². The Bertz CT molecular complexity index is 1470. The number of nitrogens with zero attached hydrogens (tertiary/aromatic N) is 1. The second kappa shape index (κ2) is 7.64. The average molecular weight is 429 g/mol. The van der Waals surface area contributed by atoms with Crippen molar-refractivity contribution in [1.29, 1.82) is 0 Å². The first-order chi connectivity index (χ1) is 15.6. The molecular formula is C26H23NO5. The number of ether oxygens (including phenoxy) is 4. The smallest absolute Gasteiger partial charge is 0.228 e. The molecule has 0 radical (unpaired) electrons. The van der Waals surface area contributed by atoms with Crippen LogP contribution in [0.5, 0.6) is 23.0 Å². The van der Waals surface area contributed by atoms with Gasteiger partial charge in [0.05, 0.1) is 39.5 Å². The molecule has 6 heteroatoms. The van der Waals surface area contributed by atoms with Crippen molar-refractivity contribution in [2.45, 2.75) is 6.92 Å². The number of aryl methyl sites for hydroxylation is 1. The zero-order valence-electron chi connectivity index (χ0n) is 18.6. The van der Waals surface area contributed by atoms with E-state index in [1.165, 1.54) is 5.56 Å². The maximum atomic E-state index is 6.20. The van der Waals surface area contributed by atoms with Crippen molar-refractivity contribution < 1.29 is 23.4 Å². The first-order valence-electron chi connectivity index (χ1n) is 10.2. The van der Waals surface area contributed by atoms with Gasteiger partial charge in [-0.2, -0.15) is 0 Å². The van der Waals surface area contributed by atoms with Gasteiger partial charge in [-0.3, -0.25) is 0 Å². The summed E-state index contributed by atoms with van der Waals surface area (Å²) in [4.78, 5) is 4.94. The van der Waals surface area contributed by atoms with Crippen LogP contribution in [0.2, 0.25) is 0 Å². The highest BCUT2D eigenvalue weighted by Gasteiger charge is 2.21. The molecule has 2 aromatic heterocycles. The Hall–Kier alpha value is -3.93. The van der Waals surface area contributed by atoms with E-state index in [0.29, 0.717) is 34.3 Å². The molecule has 3 aromatic carbocycles. The van der Waals surface area contributed by atoms with Gasteiger partial charge in [-0.05, 0) is 25.1 Å². The van der Waals surface area contributed by atoms with E-state index in [2.05, 4.69) is 31.2 Å². The summed E-state index contributed by atoms with van der Waals surface area (Å²) < 4.78 is 28.4. The molecule has 0 N–H and O–H groups in total. The minimum absolute atomic E-state index is 0.533. The predicted octanol–water partition coefficient (Wildman–Crippen LogP) is 6.14. The van der Waals surface area contributed by atoms with Crippen molar-refractivity contribution in [3.8, 4) is 34.3 Å². The number of hydrogen-bond donors (Lipinski definition) is 0. The summed E-state index contributed by atoms with van der Waals surface area (Å²) >= 11 is 0. The minimum Gasteiger partial charge on any atom is -0.493 e. The molecule has 0 aliphatic carbocycles. The average Bonchev–Trinajstić information content (AvgIpc) is 3.19. The largest absolute Gasteiger partial charge is 0.493 e. The van der Waals surface area contributed by atoms with E-state index in [4.69, 9.17) is 28.3 Å². The van der Waals surface area contributed by atoms with Crippen LogP contribution in [0.1, 0.15) is 5.56 Å². The molecule has 0 saturated heterocycles. The van der Waals surface area contributed by atoms with Gasteiger partial charge in [-0.25, -0.2) is 4.98 Å². The van der Waals surface area contributed by atoms with Crippen LogP contribution in [-0.2, 0) is 0 Å². The molecule has 5 aromatic rings. The Morgan fingerprint density at radius 2 is 1.19 bits per heavy atom. The Kier molecular flexibility index (Phi) is 4.78. The third-order valence-electron chi connectivity index (χ3n) is 5.76. The highest BCUT2D eigenvalue weighted by Crippen LogP contribution is 2.44. The maximum absolute atomic E-state index is 6.20. The second-order valence-corrected chi connectivity index (χ2v) is 7.56. The third kappa shape index (κ3) is 2.99. The standard InChI is InChI=1S/C26H23NO5/c1-14-6-8-15(9-7-14)25-17-11-21(29-3)20(28-2)10-16(17)24-18-12-22(30-4)23(31-5)13-19(18)32-26(24)27-25/h6-13H,1-5H3. The zero-order valence-corrected chi connectivity index (χ0v) is 18.6. The maximum Gasteiger partial charge on any atom is 0.228 e. The monoisotopic (exact) mass is 429 g/mol. The summed E-state index contributed by atoms with van der Waals surface area (Å²) in [6, 6.07) is 16.0. The van der Waals surface area contributed by atoms with E-state index in [-0.39, 0.29) is 0 Å². The van der Waals surface area contributed by atoms with Gasteiger partial charge in [0.1, 0.15) is 5.58 Å². The van der Waals surface area contributed by atoms with Gasteiger partial charge >= 0.3 is 0 Å². The number of pyridine rings is 1. The normalized spacial score (nSPS) is 11.3. The summed E-state index contributed by atoms with van der Waals surface area (Å²) in [5.41, 5.74) is 4.19. The van der Waals surface area contributed by atoms with E-state index in [1.54, 1.807) is 28.4 Å². The Labute approximate surface area is 185 Å². The van der Waals surface area contributed by atoms with Crippen molar-refractivity contribution in [3.63, 3.8) is 0 Å². The molecule has 0 amide bonds. The lowest BCUT2D eigenvalue weighted by Crippen LogP contribution is -1.94. The van der Waals surface area contributed by atoms with Crippen LogP contribution in [0.25, 0.3) is 44.1 Å². The molecule has 2 heterocycles. The number of hydrogen-bond acceptors (Lipinski definition) is 6. The SMILES string of the molecule is COc1cc2oc3nc(-c4ccc(C)cc4)c4cc(OC)c(OC)cc4c3c2cc1OC. The molecule has 0 atom stereocenters. The number of benzene rings is 3. The molecule has 0 aliphatic heterocycles. The fourth-order valence-corrected chi connectivity index (χ4v) is 4.12. The van der Waals surface area contributed by atoms with Gasteiger partial charge < -0.3 is 23.4 Å². The molecule has 0 unspecified atom stereocenters. The van der Waals surface area contributed by atoms with E-state index in [9.17, 15) is 0 Å². The van der Waals surface area contributed by atoms with Crippen LogP contribution < -0.4 is 18.9 Å². The van der Waals surface area contributed by atoms with E-state index in [1.807, 2.05) is 24.3 Å². The Balaban J connectivity index is 1.96. The van der Waals surface area contributed by atoms with Crippen LogP contribution in [0.4, 0.5) is 0 Å². The third-order valence-corrected chi connectivity index (χ3v) is 5.76. The quantitative estimate of drug-likeness (QED) is 0.334. The van der Waals surface area contributed by atoms with Crippen molar-refractivity contribution in [2.24, 2.45) is 0 Å². The van der Waals surface area contributed by atoms with E-state index < -0.39 is 0 Å². The van der Waals surface area contributed by atoms with Crippen LogP contribution in [0, 0.1) is 6.92 Å². The Morgan fingerprint density at radius 1 is 0.656 bits per heavy atom. The van der Waals surface area contributed by atoms with Crippen molar-refractivity contribution in [3.05, 3.63) is 54.1 Å². The molecule has 0 aliphatic rings. The predicted molar refractivity (Wildman–Crippen MR) is 125 cm³/mol. The number of rotatable bonds is 5. The summed E-state index contributed by atoms with van der Waals surface area (Å²) in [5.74, 6) is 2.50. The first-order valence-corrected chi connectivity index (χ1v) is 10.2. The van der Waals surface area contributed by atoms with E-state index >= 15 is 0 Å². The summed E-state index contributed by atoms with van der Waals surface area (Å²) in [7, 11) is 6.48. The molecule has 0 bridgehead atoms. The molecule has 162 valence electrons. The van der Waals surface area contributed by atoms with Gasteiger partial charge in [-0.1, -0.05) is 29.8 Å². The van der Waals surface area contributed by atoms with Gasteiger partial charge in [0.15, 0.2) is 23.0 Å². The molecule has 0 fully saturated rings. The van der Waals surface area contributed by atoms with Crippen molar-refractivity contribution >= 4 is 32.8 Å². The molecule has 5 rings (SSSR count). The summed E-state index contributed by atoms with van der Waals surface area (Å²) in [6.45, 7) is 2.06. The molecule has 0 spiro atoms. The highest BCUT2D eigenvalue weighted by atomic mass is 16.5. The van der Waals surface area contributed by atoms with Crippen LogP contribution in [0.15, 0.2) is 52.9 Å². The Morgan fingerprint density at radius 3 is 1.78 bits per heavy atom. The van der Waals surface area contributed by atoms with Crippen LogP contribution in [-0.4, -0.2) is 33.4 Å². The van der Waals surface area contributed by atoms with Gasteiger partial charge in [-0.15, -0.1) is 0 Å². The first kappa shape index (κ1) is 20.0. The molecule has 32 heavy (non-hydrogen) atoms. The minimum atomic E-state index is 0.533. The van der Waals surface area contributed by atoms with Crippen molar-refractivity contribution in [1.82, 2.24) is 4.98 Å². The van der Waals surface area contributed by atoms with Crippen LogP contribution >= 0.6 is 0 Å². The number of aromatic nitrogens is 1. The number of furan rings is 1. The molecule has 0 saturated carbocycles. The number of fused-ring (bicyclic) bond motifs is 5. The fraction of sp³-hybridized carbons (Fsp3) is 0.192. The molecular weight excluding hydrogens is 406 g/mol.